The zero-order chi connectivity index (χ0) is 14.7. The molecule has 6 heteroatoms. The van der Waals surface area contributed by atoms with E-state index in [-0.39, 0.29) is 5.82 Å². The third kappa shape index (κ3) is 3.11. The second-order valence-electron chi connectivity index (χ2n) is 5.22. The summed E-state index contributed by atoms with van der Waals surface area (Å²) in [5.74, 6) is 0.834. The molecule has 3 rings (SSSR count). The van der Waals surface area contributed by atoms with Crippen molar-refractivity contribution in [2.24, 2.45) is 0 Å². The van der Waals surface area contributed by atoms with Gasteiger partial charge in [0.2, 0.25) is 0 Å². The van der Waals surface area contributed by atoms with Gasteiger partial charge in [0.05, 0.1) is 4.90 Å². The van der Waals surface area contributed by atoms with Crippen LogP contribution in [0.15, 0.2) is 28.3 Å². The molecule has 2 aromatic rings. The van der Waals surface area contributed by atoms with Crippen LogP contribution in [-0.4, -0.2) is 21.8 Å². The second kappa shape index (κ2) is 6.58. The lowest BCUT2D eigenvalue weighted by Gasteiger charge is -2.11. The maximum Gasteiger partial charge on any atom is 0.196 e. The van der Waals surface area contributed by atoms with Crippen molar-refractivity contribution in [2.45, 2.75) is 48.8 Å². The molecule has 0 saturated heterocycles. The molecule has 2 heterocycles. The van der Waals surface area contributed by atoms with Gasteiger partial charge in [-0.2, -0.15) is 0 Å². The number of rotatable bonds is 4. The number of aryl methyl sites for hydroxylation is 1. The Kier molecular flexibility index (Phi) is 4.55. The average molecular weight is 306 g/mol. The molecule has 1 aromatic heterocycles. The molecule has 0 spiro atoms. The molecule has 0 radical (unpaired) electrons. The summed E-state index contributed by atoms with van der Waals surface area (Å²) in [5, 5.41) is 12.4. The quantitative estimate of drug-likeness (QED) is 0.943. The van der Waals surface area contributed by atoms with Crippen LogP contribution in [0, 0.1) is 5.82 Å². The largest absolute Gasteiger partial charge is 0.316 e. The zero-order valence-corrected chi connectivity index (χ0v) is 12.9. The van der Waals surface area contributed by atoms with Crippen molar-refractivity contribution in [3.63, 3.8) is 0 Å². The van der Waals surface area contributed by atoms with Gasteiger partial charge in [0.1, 0.15) is 11.6 Å². The van der Waals surface area contributed by atoms with Gasteiger partial charge in [-0.3, -0.25) is 0 Å². The standard InChI is InChI=1S/C15H19FN4S/c1-17-10-11-6-5-7-12(16)14(11)21-15-19-18-13-8-3-2-4-9-20(13)15/h5-7,17H,2-4,8-10H2,1H3. The molecule has 0 amide bonds. The second-order valence-corrected chi connectivity index (χ2v) is 6.20. The summed E-state index contributed by atoms with van der Waals surface area (Å²) >= 11 is 1.39. The molecule has 0 aliphatic carbocycles. The molecular formula is C15H19FN4S. The summed E-state index contributed by atoms with van der Waals surface area (Å²) in [6, 6.07) is 5.19. The number of halogens is 1. The van der Waals surface area contributed by atoms with E-state index in [1.165, 1.54) is 24.2 Å². The highest BCUT2D eigenvalue weighted by molar-refractivity contribution is 7.99. The third-order valence-corrected chi connectivity index (χ3v) is 4.83. The third-order valence-electron chi connectivity index (χ3n) is 3.68. The molecule has 0 fully saturated rings. The SMILES string of the molecule is CNCc1cccc(F)c1Sc1nnc2n1CCCCC2. The molecule has 1 N–H and O–H groups in total. The average Bonchev–Trinajstić information content (AvgIpc) is 2.70. The normalized spacial score (nSPS) is 14.8. The van der Waals surface area contributed by atoms with E-state index < -0.39 is 0 Å². The van der Waals surface area contributed by atoms with Gasteiger partial charge in [0.15, 0.2) is 5.16 Å². The van der Waals surface area contributed by atoms with E-state index in [2.05, 4.69) is 20.1 Å². The van der Waals surface area contributed by atoms with Crippen molar-refractivity contribution in [1.82, 2.24) is 20.1 Å². The first-order chi connectivity index (χ1) is 10.3. The van der Waals surface area contributed by atoms with E-state index >= 15 is 0 Å². The van der Waals surface area contributed by atoms with Gasteiger partial charge >= 0.3 is 0 Å². The Labute approximate surface area is 128 Å². The summed E-state index contributed by atoms with van der Waals surface area (Å²) in [7, 11) is 1.86. The molecule has 0 bridgehead atoms. The minimum Gasteiger partial charge on any atom is -0.316 e. The Morgan fingerprint density at radius 2 is 2.19 bits per heavy atom. The predicted octanol–water partition coefficient (Wildman–Crippen LogP) is 3.01. The number of hydrogen-bond donors (Lipinski definition) is 1. The van der Waals surface area contributed by atoms with Crippen LogP contribution in [0.5, 0.6) is 0 Å². The number of aromatic nitrogens is 3. The summed E-state index contributed by atoms with van der Waals surface area (Å²) < 4.78 is 16.3. The van der Waals surface area contributed by atoms with E-state index in [1.807, 2.05) is 13.1 Å². The van der Waals surface area contributed by atoms with Gasteiger partial charge < -0.3 is 9.88 Å². The smallest absolute Gasteiger partial charge is 0.196 e. The van der Waals surface area contributed by atoms with Crippen molar-refractivity contribution in [3.8, 4) is 0 Å². The minimum absolute atomic E-state index is 0.196. The van der Waals surface area contributed by atoms with Crippen LogP contribution >= 0.6 is 11.8 Å². The van der Waals surface area contributed by atoms with Crippen molar-refractivity contribution in [3.05, 3.63) is 35.4 Å². The predicted molar refractivity (Wildman–Crippen MR) is 80.9 cm³/mol. The number of hydrogen-bond acceptors (Lipinski definition) is 4. The van der Waals surface area contributed by atoms with Crippen molar-refractivity contribution in [2.75, 3.05) is 7.05 Å². The summed E-state index contributed by atoms with van der Waals surface area (Å²) in [4.78, 5) is 0.645. The summed E-state index contributed by atoms with van der Waals surface area (Å²) in [6.45, 7) is 1.57. The summed E-state index contributed by atoms with van der Waals surface area (Å²) in [6.07, 6.45) is 4.49. The number of benzene rings is 1. The van der Waals surface area contributed by atoms with Crippen LogP contribution in [0.4, 0.5) is 4.39 Å². The Balaban J connectivity index is 1.92. The van der Waals surface area contributed by atoms with Gasteiger partial charge in [-0.25, -0.2) is 4.39 Å². The van der Waals surface area contributed by atoms with Gasteiger partial charge in [-0.1, -0.05) is 18.6 Å². The van der Waals surface area contributed by atoms with Crippen LogP contribution in [0.2, 0.25) is 0 Å². The molecule has 0 atom stereocenters. The van der Waals surface area contributed by atoms with Crippen molar-refractivity contribution < 1.29 is 4.39 Å². The highest BCUT2D eigenvalue weighted by Gasteiger charge is 2.18. The molecule has 0 saturated carbocycles. The van der Waals surface area contributed by atoms with Crippen molar-refractivity contribution in [1.29, 1.82) is 0 Å². The number of nitrogens with zero attached hydrogens (tertiary/aromatic N) is 3. The Morgan fingerprint density at radius 1 is 1.29 bits per heavy atom. The van der Waals surface area contributed by atoms with E-state index in [0.717, 1.165) is 42.4 Å². The first kappa shape index (κ1) is 14.5. The first-order valence-corrected chi connectivity index (χ1v) is 8.13. The van der Waals surface area contributed by atoms with Gasteiger partial charge in [0.25, 0.3) is 0 Å². The van der Waals surface area contributed by atoms with Crippen LogP contribution < -0.4 is 5.32 Å². The van der Waals surface area contributed by atoms with Gasteiger partial charge in [0, 0.05) is 19.5 Å². The minimum atomic E-state index is -0.196. The monoisotopic (exact) mass is 306 g/mol. The molecule has 112 valence electrons. The van der Waals surface area contributed by atoms with Gasteiger partial charge in [-0.15, -0.1) is 10.2 Å². The van der Waals surface area contributed by atoms with Gasteiger partial charge in [-0.05, 0) is 43.3 Å². The van der Waals surface area contributed by atoms with Crippen LogP contribution in [0.1, 0.15) is 30.7 Å². The Morgan fingerprint density at radius 3 is 3.05 bits per heavy atom. The number of fused-ring (bicyclic) bond motifs is 1. The molecule has 1 aliphatic heterocycles. The molecule has 0 unspecified atom stereocenters. The molecule has 1 aromatic carbocycles. The maximum atomic E-state index is 14.2. The maximum absolute atomic E-state index is 14.2. The van der Waals surface area contributed by atoms with Crippen LogP contribution in [0.3, 0.4) is 0 Å². The highest BCUT2D eigenvalue weighted by atomic mass is 32.2. The fourth-order valence-electron chi connectivity index (χ4n) is 2.62. The van der Waals surface area contributed by atoms with E-state index in [4.69, 9.17) is 0 Å². The Hall–Kier alpha value is -1.40. The fourth-order valence-corrected chi connectivity index (χ4v) is 3.63. The zero-order valence-electron chi connectivity index (χ0n) is 12.1. The van der Waals surface area contributed by atoms with E-state index in [0.29, 0.717) is 11.4 Å². The molecule has 1 aliphatic rings. The van der Waals surface area contributed by atoms with E-state index in [1.54, 1.807) is 6.07 Å². The lowest BCUT2D eigenvalue weighted by atomic mass is 10.2. The first-order valence-electron chi connectivity index (χ1n) is 7.31. The Bertz CT molecular complexity index is 626. The lowest BCUT2D eigenvalue weighted by molar-refractivity contribution is 0.583. The topological polar surface area (TPSA) is 42.7 Å². The fraction of sp³-hybridized carbons (Fsp3) is 0.467. The van der Waals surface area contributed by atoms with Crippen molar-refractivity contribution >= 4 is 11.8 Å². The summed E-state index contributed by atoms with van der Waals surface area (Å²) in [5.41, 5.74) is 0.952. The van der Waals surface area contributed by atoms with Crippen LogP contribution in [0.25, 0.3) is 0 Å². The van der Waals surface area contributed by atoms with Crippen LogP contribution in [-0.2, 0) is 19.5 Å². The molecule has 4 nitrogen and oxygen atoms in total. The molecular weight excluding hydrogens is 287 g/mol. The lowest BCUT2D eigenvalue weighted by Crippen LogP contribution is -2.07. The highest BCUT2D eigenvalue weighted by Crippen LogP contribution is 2.33. The van der Waals surface area contributed by atoms with E-state index in [9.17, 15) is 4.39 Å². The number of nitrogens with one attached hydrogen (secondary N) is 1. The molecule has 21 heavy (non-hydrogen) atoms.